The van der Waals surface area contributed by atoms with Gasteiger partial charge in [0.25, 0.3) is 0 Å². The molecule has 0 spiro atoms. The van der Waals surface area contributed by atoms with Crippen molar-refractivity contribution in [2.75, 3.05) is 0 Å². The molecular formula is C20H40Cl2Rh. The van der Waals surface area contributed by atoms with Crippen molar-refractivity contribution in [3.63, 3.8) is 0 Å². The van der Waals surface area contributed by atoms with Crippen molar-refractivity contribution in [2.45, 2.75) is 69.2 Å². The first-order valence-corrected chi connectivity index (χ1v) is 13.6. The van der Waals surface area contributed by atoms with E-state index in [1.54, 1.807) is 0 Å². The van der Waals surface area contributed by atoms with Crippen molar-refractivity contribution in [1.29, 1.82) is 0 Å². The van der Waals surface area contributed by atoms with Gasteiger partial charge in [-0.25, -0.2) is 0 Å². The van der Waals surface area contributed by atoms with E-state index in [1.807, 2.05) is 0 Å². The average molecular weight is 454 g/mol. The van der Waals surface area contributed by atoms with Crippen LogP contribution in [0.1, 0.15) is 69.2 Å². The standard InChI is InChI=1S/2C10H20.2ClH.Rh/c2*1-6-7(2)9(4)10(5)8(6)3;;;/h2*6-10H,1-5H3;2*1H;/q;;;;+2/p-2. The first kappa shape index (κ1) is 24.2. The molecule has 0 bridgehead atoms. The Kier molecular flexibility index (Phi) is 11.6. The van der Waals surface area contributed by atoms with Crippen molar-refractivity contribution in [2.24, 2.45) is 59.2 Å². The topological polar surface area (TPSA) is 0 Å². The van der Waals surface area contributed by atoms with E-state index < -0.39 is 0 Å². The molecule has 3 heteroatoms. The third kappa shape index (κ3) is 6.14. The monoisotopic (exact) mass is 453 g/mol. The summed E-state index contributed by atoms with van der Waals surface area (Å²) in [6, 6.07) is 0. The molecule has 0 amide bonds. The average Bonchev–Trinajstić information content (AvgIpc) is 2.80. The summed E-state index contributed by atoms with van der Waals surface area (Å²) in [5, 5.41) is 0. The van der Waals surface area contributed by atoms with Crippen LogP contribution < -0.4 is 0 Å². The van der Waals surface area contributed by atoms with E-state index in [0.29, 0.717) is 0 Å². The zero-order chi connectivity index (χ0) is 18.5. The van der Waals surface area contributed by atoms with Gasteiger partial charge in [-0.2, -0.15) is 0 Å². The minimum absolute atomic E-state index is 0.226. The van der Waals surface area contributed by atoms with Crippen LogP contribution in [-0.4, -0.2) is 0 Å². The summed E-state index contributed by atoms with van der Waals surface area (Å²) >= 11 is -0.226. The van der Waals surface area contributed by atoms with Gasteiger partial charge in [-0.15, -0.1) is 0 Å². The quantitative estimate of drug-likeness (QED) is 0.329. The fraction of sp³-hybridized carbons (Fsp3) is 1.00. The van der Waals surface area contributed by atoms with Crippen LogP contribution in [0.25, 0.3) is 0 Å². The normalized spacial score (nSPS) is 49.2. The van der Waals surface area contributed by atoms with Gasteiger partial charge in [-0.1, -0.05) is 69.2 Å². The molecule has 0 unspecified atom stereocenters. The van der Waals surface area contributed by atoms with E-state index in [2.05, 4.69) is 69.2 Å². The second kappa shape index (κ2) is 11.0. The maximum absolute atomic E-state index is 4.83. The van der Waals surface area contributed by atoms with Crippen LogP contribution in [0.2, 0.25) is 0 Å². The third-order valence-corrected chi connectivity index (χ3v) is 8.29. The zero-order valence-corrected chi connectivity index (χ0v) is 20.0. The molecule has 2 aliphatic carbocycles. The SMILES string of the molecule is CC1C(C)C(C)C(C)C1C.CC1C(C)C(C)C(C)C1C.[Cl][Rh][Cl]. The molecule has 0 saturated heterocycles. The summed E-state index contributed by atoms with van der Waals surface area (Å²) in [5.74, 6) is 9.35. The molecule has 0 N–H and O–H groups in total. The Morgan fingerprint density at radius 3 is 0.435 bits per heavy atom. The fourth-order valence-electron chi connectivity index (χ4n) is 4.79. The molecule has 0 heterocycles. The number of halogens is 2. The molecule has 143 valence electrons. The van der Waals surface area contributed by atoms with E-state index >= 15 is 0 Å². The zero-order valence-electron chi connectivity index (χ0n) is 16.9. The van der Waals surface area contributed by atoms with E-state index in [-0.39, 0.29) is 15.1 Å². The molecule has 2 fully saturated rings. The molecule has 2 aliphatic rings. The molecule has 23 heavy (non-hydrogen) atoms. The minimum atomic E-state index is -0.226. The van der Waals surface area contributed by atoms with Crippen LogP contribution in [0.15, 0.2) is 0 Å². The summed E-state index contributed by atoms with van der Waals surface area (Å²) in [7, 11) is 9.67. The molecule has 0 aromatic carbocycles. The summed E-state index contributed by atoms with van der Waals surface area (Å²) in [6.45, 7) is 24.0. The van der Waals surface area contributed by atoms with Crippen LogP contribution in [0.4, 0.5) is 0 Å². The summed E-state index contributed by atoms with van der Waals surface area (Å²) in [5.41, 5.74) is 0. The van der Waals surface area contributed by atoms with Gasteiger partial charge in [0.1, 0.15) is 0 Å². The molecule has 2 saturated carbocycles. The second-order valence-electron chi connectivity index (χ2n) is 8.64. The van der Waals surface area contributed by atoms with Gasteiger partial charge in [-0.05, 0) is 59.2 Å². The summed E-state index contributed by atoms with van der Waals surface area (Å²) in [4.78, 5) is 0. The predicted octanol–water partition coefficient (Wildman–Crippen LogP) is 7.74. The van der Waals surface area contributed by atoms with Crippen LogP contribution >= 0.6 is 19.4 Å². The fourth-order valence-corrected chi connectivity index (χ4v) is 4.79. The Balaban J connectivity index is 0.000000360. The molecule has 0 nitrogen and oxygen atoms in total. The maximum atomic E-state index is 4.83. The van der Waals surface area contributed by atoms with Gasteiger partial charge in [0.15, 0.2) is 0 Å². The molecule has 0 aliphatic heterocycles. The van der Waals surface area contributed by atoms with Gasteiger partial charge in [-0.3, -0.25) is 0 Å². The predicted molar refractivity (Wildman–Crippen MR) is 103 cm³/mol. The Labute approximate surface area is 162 Å². The van der Waals surface area contributed by atoms with Crippen molar-refractivity contribution in [3.05, 3.63) is 0 Å². The third-order valence-electron chi connectivity index (χ3n) is 8.29. The Morgan fingerprint density at radius 1 is 0.348 bits per heavy atom. The van der Waals surface area contributed by atoms with Crippen LogP contribution in [0, 0.1) is 59.2 Å². The van der Waals surface area contributed by atoms with Crippen LogP contribution in [-0.2, 0) is 15.1 Å². The van der Waals surface area contributed by atoms with E-state index in [1.165, 1.54) is 0 Å². The van der Waals surface area contributed by atoms with E-state index in [4.69, 9.17) is 19.4 Å². The first-order chi connectivity index (χ1) is 10.5. The molecule has 0 atom stereocenters. The summed E-state index contributed by atoms with van der Waals surface area (Å²) < 4.78 is 0. The number of rotatable bonds is 0. The number of hydrogen-bond donors (Lipinski definition) is 0. The molecule has 2 rings (SSSR count). The first-order valence-electron chi connectivity index (χ1n) is 9.36. The van der Waals surface area contributed by atoms with Crippen molar-refractivity contribution >= 4 is 19.4 Å². The van der Waals surface area contributed by atoms with E-state index in [9.17, 15) is 0 Å². The Hall–Kier alpha value is 1.20. The molecule has 0 aromatic heterocycles. The van der Waals surface area contributed by atoms with Gasteiger partial charge in [0, 0.05) is 0 Å². The van der Waals surface area contributed by atoms with Gasteiger partial charge in [0.05, 0.1) is 0 Å². The van der Waals surface area contributed by atoms with Gasteiger partial charge < -0.3 is 0 Å². The summed E-state index contributed by atoms with van der Waals surface area (Å²) in [6.07, 6.45) is 0. The molecule has 0 radical (unpaired) electrons. The molecular weight excluding hydrogens is 414 g/mol. The Bertz CT molecular complexity index is 203. The van der Waals surface area contributed by atoms with Crippen LogP contribution in [0.3, 0.4) is 0 Å². The molecule has 0 aromatic rings. The van der Waals surface area contributed by atoms with Gasteiger partial charge >= 0.3 is 34.5 Å². The van der Waals surface area contributed by atoms with Crippen molar-refractivity contribution in [1.82, 2.24) is 0 Å². The second-order valence-corrected chi connectivity index (χ2v) is 11.1. The number of hydrogen-bond acceptors (Lipinski definition) is 0. The van der Waals surface area contributed by atoms with Crippen LogP contribution in [0.5, 0.6) is 0 Å². The van der Waals surface area contributed by atoms with Crippen molar-refractivity contribution < 1.29 is 15.1 Å². The van der Waals surface area contributed by atoms with E-state index in [0.717, 1.165) is 59.2 Å². The van der Waals surface area contributed by atoms with Crippen molar-refractivity contribution in [3.8, 4) is 0 Å². The van der Waals surface area contributed by atoms with Gasteiger partial charge in [0.2, 0.25) is 0 Å². The Morgan fingerprint density at radius 2 is 0.391 bits per heavy atom.